The highest BCUT2D eigenvalue weighted by Gasteiger charge is 2.14. The molecular weight excluding hydrogens is 481 g/mol. The van der Waals surface area contributed by atoms with E-state index in [0.717, 1.165) is 57.1 Å². The van der Waals surface area contributed by atoms with E-state index in [1.54, 1.807) is 7.05 Å². The second kappa shape index (κ2) is 13.6. The smallest absolute Gasteiger partial charge is 0.191 e. The predicted octanol–water partition coefficient (Wildman–Crippen LogP) is 2.80. The van der Waals surface area contributed by atoms with Crippen LogP contribution in [-0.2, 0) is 22.6 Å². The first-order chi connectivity index (χ1) is 13.8. The third-order valence-electron chi connectivity index (χ3n) is 4.64. The van der Waals surface area contributed by atoms with Gasteiger partial charge in [-0.3, -0.25) is 9.67 Å². The molecule has 160 valence electrons. The fraction of sp³-hybridized carbons (Fsp3) is 0.524. The van der Waals surface area contributed by atoms with Crippen LogP contribution in [0.1, 0.15) is 30.4 Å². The highest BCUT2D eigenvalue weighted by Crippen LogP contribution is 2.11. The Morgan fingerprint density at radius 2 is 2.14 bits per heavy atom. The number of benzene rings is 1. The molecule has 1 aromatic carbocycles. The molecule has 0 radical (unpaired) electrons. The Hall–Kier alpha value is -1.65. The number of hydrogen-bond donors (Lipinski definition) is 2. The Morgan fingerprint density at radius 1 is 1.28 bits per heavy atom. The van der Waals surface area contributed by atoms with E-state index < -0.39 is 0 Å². The lowest BCUT2D eigenvalue weighted by atomic mass is 10.2. The standard InChI is InChI=1S/C21H31N5O2.HI/c1-22-21(23-10-6-11-27-17-20-9-5-12-28-20)24-13-19-14-25-26(16-19)15-18-7-3-2-4-8-18;/h2-4,7-8,14,16,20H,5-6,9-13,15,17H2,1H3,(H2,22,23,24);1H. The molecular formula is C21H32IN5O2. The number of nitrogens with zero attached hydrogens (tertiary/aromatic N) is 3. The lowest BCUT2D eigenvalue weighted by molar-refractivity contribution is 0.0168. The summed E-state index contributed by atoms with van der Waals surface area (Å²) in [6.07, 6.45) is 7.46. The number of hydrogen-bond acceptors (Lipinski definition) is 4. The van der Waals surface area contributed by atoms with Crippen LogP contribution in [-0.4, -0.2) is 55.3 Å². The van der Waals surface area contributed by atoms with Gasteiger partial charge in [0.15, 0.2) is 5.96 Å². The zero-order valence-corrected chi connectivity index (χ0v) is 19.4. The normalized spacial score (nSPS) is 16.4. The second-order valence-electron chi connectivity index (χ2n) is 6.95. The number of halogens is 1. The summed E-state index contributed by atoms with van der Waals surface area (Å²) in [6, 6.07) is 10.3. The van der Waals surface area contributed by atoms with Crippen molar-refractivity contribution in [3.05, 3.63) is 53.9 Å². The van der Waals surface area contributed by atoms with Crippen molar-refractivity contribution in [2.24, 2.45) is 4.99 Å². The highest BCUT2D eigenvalue weighted by molar-refractivity contribution is 14.0. The Bertz CT molecular complexity index is 717. The van der Waals surface area contributed by atoms with E-state index in [2.05, 4.69) is 39.1 Å². The zero-order chi connectivity index (χ0) is 19.4. The monoisotopic (exact) mass is 513 g/mol. The molecule has 3 rings (SSSR count). The molecule has 0 saturated carbocycles. The van der Waals surface area contributed by atoms with Gasteiger partial charge in [0, 0.05) is 45.1 Å². The molecule has 2 heterocycles. The number of nitrogens with one attached hydrogen (secondary N) is 2. The van der Waals surface area contributed by atoms with Crippen molar-refractivity contribution in [3.63, 3.8) is 0 Å². The number of aromatic nitrogens is 2. The number of aliphatic imine (C=N–C) groups is 1. The van der Waals surface area contributed by atoms with Crippen molar-refractivity contribution < 1.29 is 9.47 Å². The zero-order valence-electron chi connectivity index (χ0n) is 17.0. The maximum atomic E-state index is 5.68. The van der Waals surface area contributed by atoms with Crippen molar-refractivity contribution >= 4 is 29.9 Å². The molecule has 0 spiro atoms. The van der Waals surface area contributed by atoms with Gasteiger partial charge in [0.1, 0.15) is 0 Å². The Labute approximate surface area is 190 Å². The van der Waals surface area contributed by atoms with E-state index in [1.807, 2.05) is 29.1 Å². The van der Waals surface area contributed by atoms with Gasteiger partial charge >= 0.3 is 0 Å². The van der Waals surface area contributed by atoms with Gasteiger partial charge in [0.25, 0.3) is 0 Å². The fourth-order valence-electron chi connectivity index (χ4n) is 3.13. The van der Waals surface area contributed by atoms with E-state index in [-0.39, 0.29) is 24.0 Å². The molecule has 2 N–H and O–H groups in total. The van der Waals surface area contributed by atoms with E-state index >= 15 is 0 Å². The summed E-state index contributed by atoms with van der Waals surface area (Å²) in [5, 5.41) is 11.1. The van der Waals surface area contributed by atoms with Crippen LogP contribution in [0.5, 0.6) is 0 Å². The van der Waals surface area contributed by atoms with Crippen molar-refractivity contribution in [2.45, 2.75) is 38.5 Å². The molecule has 0 aliphatic carbocycles. The lowest BCUT2D eigenvalue weighted by Gasteiger charge is -2.12. The van der Waals surface area contributed by atoms with Crippen LogP contribution in [0, 0.1) is 0 Å². The molecule has 29 heavy (non-hydrogen) atoms. The molecule has 1 unspecified atom stereocenters. The molecule has 0 amide bonds. The summed E-state index contributed by atoms with van der Waals surface area (Å²) in [5.41, 5.74) is 2.36. The summed E-state index contributed by atoms with van der Waals surface area (Å²) in [7, 11) is 1.78. The molecule has 0 bridgehead atoms. The van der Waals surface area contributed by atoms with Crippen molar-refractivity contribution in [1.29, 1.82) is 0 Å². The van der Waals surface area contributed by atoms with E-state index in [9.17, 15) is 0 Å². The molecule has 7 nitrogen and oxygen atoms in total. The van der Waals surface area contributed by atoms with Crippen LogP contribution in [0.3, 0.4) is 0 Å². The molecule has 1 saturated heterocycles. The van der Waals surface area contributed by atoms with Gasteiger partial charge in [-0.25, -0.2) is 0 Å². The first-order valence-electron chi connectivity index (χ1n) is 10.0. The molecule has 1 aromatic heterocycles. The van der Waals surface area contributed by atoms with E-state index in [4.69, 9.17) is 9.47 Å². The average molecular weight is 513 g/mol. The van der Waals surface area contributed by atoms with Gasteiger partial charge in [-0.15, -0.1) is 24.0 Å². The van der Waals surface area contributed by atoms with Crippen LogP contribution in [0.2, 0.25) is 0 Å². The van der Waals surface area contributed by atoms with Gasteiger partial charge in [-0.1, -0.05) is 30.3 Å². The third-order valence-corrected chi connectivity index (χ3v) is 4.64. The summed E-state index contributed by atoms with van der Waals surface area (Å²) in [4.78, 5) is 4.26. The molecule has 1 aliphatic rings. The molecule has 1 atom stereocenters. The largest absolute Gasteiger partial charge is 0.379 e. The highest BCUT2D eigenvalue weighted by atomic mass is 127. The van der Waals surface area contributed by atoms with Crippen molar-refractivity contribution in [1.82, 2.24) is 20.4 Å². The maximum absolute atomic E-state index is 5.68. The van der Waals surface area contributed by atoms with Crippen LogP contribution < -0.4 is 10.6 Å². The third kappa shape index (κ3) is 8.71. The number of rotatable bonds is 10. The van der Waals surface area contributed by atoms with Gasteiger partial charge < -0.3 is 20.1 Å². The van der Waals surface area contributed by atoms with Gasteiger partial charge in [0.2, 0.25) is 0 Å². The molecule has 1 aliphatic heterocycles. The lowest BCUT2D eigenvalue weighted by Crippen LogP contribution is -2.37. The summed E-state index contributed by atoms with van der Waals surface area (Å²) in [5.74, 6) is 0.787. The minimum atomic E-state index is 0. The van der Waals surface area contributed by atoms with Crippen LogP contribution in [0.4, 0.5) is 0 Å². The number of guanidine groups is 1. The number of ether oxygens (including phenoxy) is 2. The Balaban J connectivity index is 0.00000300. The van der Waals surface area contributed by atoms with E-state index in [0.29, 0.717) is 19.3 Å². The maximum Gasteiger partial charge on any atom is 0.191 e. The van der Waals surface area contributed by atoms with E-state index in [1.165, 1.54) is 5.56 Å². The minimum Gasteiger partial charge on any atom is -0.379 e. The fourth-order valence-corrected chi connectivity index (χ4v) is 3.13. The average Bonchev–Trinajstić information content (AvgIpc) is 3.40. The molecule has 8 heteroatoms. The van der Waals surface area contributed by atoms with Crippen LogP contribution >= 0.6 is 24.0 Å². The summed E-state index contributed by atoms with van der Waals surface area (Å²) in [6.45, 7) is 4.60. The Kier molecular flexibility index (Phi) is 11.0. The van der Waals surface area contributed by atoms with Crippen LogP contribution in [0.15, 0.2) is 47.7 Å². The quantitative estimate of drug-likeness (QED) is 0.221. The SMILES string of the molecule is CN=C(NCCCOCC1CCCO1)NCc1cnn(Cc2ccccc2)c1.I. The van der Waals surface area contributed by atoms with Crippen LogP contribution in [0.25, 0.3) is 0 Å². The minimum absolute atomic E-state index is 0. The van der Waals surface area contributed by atoms with Gasteiger partial charge in [-0.05, 0) is 24.8 Å². The van der Waals surface area contributed by atoms with Gasteiger partial charge in [0.05, 0.1) is 25.5 Å². The van der Waals surface area contributed by atoms with Crippen molar-refractivity contribution in [3.8, 4) is 0 Å². The Morgan fingerprint density at radius 3 is 2.90 bits per heavy atom. The second-order valence-corrected chi connectivity index (χ2v) is 6.95. The van der Waals surface area contributed by atoms with Gasteiger partial charge in [-0.2, -0.15) is 5.10 Å². The summed E-state index contributed by atoms with van der Waals surface area (Å²) < 4.78 is 13.2. The molecule has 1 fully saturated rings. The topological polar surface area (TPSA) is 72.7 Å². The first kappa shape index (κ1) is 23.6. The summed E-state index contributed by atoms with van der Waals surface area (Å²) >= 11 is 0. The van der Waals surface area contributed by atoms with Crippen molar-refractivity contribution in [2.75, 3.05) is 33.4 Å². The molecule has 2 aromatic rings. The predicted molar refractivity (Wildman–Crippen MR) is 126 cm³/mol. The first-order valence-corrected chi connectivity index (χ1v) is 10.0.